The molecule has 31 heavy (non-hydrogen) atoms. The minimum absolute atomic E-state index is 0.0604. The molecule has 3 rings (SSSR count). The van der Waals surface area contributed by atoms with Gasteiger partial charge in [-0.25, -0.2) is 18.2 Å². The maximum absolute atomic E-state index is 12.5. The zero-order valence-corrected chi connectivity index (χ0v) is 19.4. The third-order valence-electron chi connectivity index (χ3n) is 4.91. The number of nitrogens with zero attached hydrogens (tertiary/aromatic N) is 2. The Morgan fingerprint density at radius 2 is 1.77 bits per heavy atom. The van der Waals surface area contributed by atoms with Gasteiger partial charge in [-0.3, -0.25) is 4.79 Å². The van der Waals surface area contributed by atoms with Gasteiger partial charge in [-0.2, -0.15) is 5.10 Å². The molecule has 2 aromatic carbocycles. The lowest BCUT2D eigenvalue weighted by molar-refractivity contribution is -0.120. The van der Waals surface area contributed by atoms with Crippen molar-refractivity contribution >= 4 is 39.1 Å². The summed E-state index contributed by atoms with van der Waals surface area (Å²) in [4.78, 5) is 12.5. The van der Waals surface area contributed by atoms with Crippen molar-refractivity contribution in [1.29, 1.82) is 0 Å². The first-order valence-electron chi connectivity index (χ1n) is 9.45. The van der Waals surface area contributed by atoms with Gasteiger partial charge in [0.25, 0.3) is 0 Å². The van der Waals surface area contributed by atoms with Gasteiger partial charge >= 0.3 is 0 Å². The number of aryl methyl sites for hydroxylation is 1. The maximum atomic E-state index is 12.5. The van der Waals surface area contributed by atoms with E-state index in [9.17, 15) is 13.2 Å². The Bertz CT molecular complexity index is 1220. The van der Waals surface area contributed by atoms with Gasteiger partial charge in [0.05, 0.1) is 32.7 Å². The predicted molar refractivity (Wildman–Crippen MR) is 121 cm³/mol. The molecule has 10 heteroatoms. The number of sulfonamides is 1. The average molecular weight is 481 g/mol. The van der Waals surface area contributed by atoms with Gasteiger partial charge in [0.1, 0.15) is 0 Å². The number of amides is 1. The molecule has 0 aliphatic carbocycles. The van der Waals surface area contributed by atoms with Crippen LogP contribution in [0.15, 0.2) is 47.4 Å². The average Bonchev–Trinajstić information content (AvgIpc) is 2.98. The van der Waals surface area contributed by atoms with Crippen LogP contribution in [0.4, 0.5) is 0 Å². The monoisotopic (exact) mass is 480 g/mol. The summed E-state index contributed by atoms with van der Waals surface area (Å²) < 4.78 is 24.3. The van der Waals surface area contributed by atoms with Crippen molar-refractivity contribution in [2.24, 2.45) is 5.14 Å². The molecule has 1 heterocycles. The Labute approximate surface area is 191 Å². The normalized spacial score (nSPS) is 11.5. The summed E-state index contributed by atoms with van der Waals surface area (Å²) in [7, 11) is -3.71. The molecule has 0 aliphatic heterocycles. The van der Waals surface area contributed by atoms with E-state index in [1.165, 1.54) is 12.1 Å². The van der Waals surface area contributed by atoms with Gasteiger partial charge in [0.15, 0.2) is 0 Å². The molecule has 0 unspecified atom stereocenters. The van der Waals surface area contributed by atoms with E-state index in [0.717, 1.165) is 28.2 Å². The van der Waals surface area contributed by atoms with Crippen molar-refractivity contribution in [2.75, 3.05) is 6.54 Å². The second-order valence-corrected chi connectivity index (χ2v) is 9.50. The van der Waals surface area contributed by atoms with Crippen LogP contribution in [0.2, 0.25) is 10.0 Å². The van der Waals surface area contributed by atoms with Gasteiger partial charge in [-0.15, -0.1) is 0 Å². The Hall–Kier alpha value is -2.39. The minimum atomic E-state index is -3.71. The molecule has 3 N–H and O–H groups in total. The summed E-state index contributed by atoms with van der Waals surface area (Å²) in [6.07, 6.45) is 0.764. The molecule has 0 saturated carbocycles. The number of primary sulfonamides is 1. The van der Waals surface area contributed by atoms with Crippen molar-refractivity contribution in [3.05, 3.63) is 75.0 Å². The third-order valence-corrected chi connectivity index (χ3v) is 6.58. The van der Waals surface area contributed by atoms with E-state index in [0.29, 0.717) is 23.0 Å². The Kier molecular flexibility index (Phi) is 7.06. The SMILES string of the molecule is Cc1nn(-c2ccc(Cl)c(Cl)c2)c(C)c1CC(=O)NCCc1ccc(S(N)(=O)=O)cc1. The largest absolute Gasteiger partial charge is 0.355 e. The second kappa shape index (κ2) is 9.40. The van der Waals surface area contributed by atoms with Crippen molar-refractivity contribution in [2.45, 2.75) is 31.6 Å². The van der Waals surface area contributed by atoms with Crippen LogP contribution >= 0.6 is 23.2 Å². The second-order valence-electron chi connectivity index (χ2n) is 7.13. The number of hydrogen-bond acceptors (Lipinski definition) is 4. The van der Waals surface area contributed by atoms with E-state index >= 15 is 0 Å². The number of carbonyl (C=O) groups excluding carboxylic acids is 1. The summed E-state index contributed by atoms with van der Waals surface area (Å²) in [6.45, 7) is 4.18. The van der Waals surface area contributed by atoms with Gasteiger partial charge < -0.3 is 5.32 Å². The highest BCUT2D eigenvalue weighted by atomic mass is 35.5. The number of carbonyl (C=O) groups is 1. The molecule has 7 nitrogen and oxygen atoms in total. The quantitative estimate of drug-likeness (QED) is 0.540. The highest BCUT2D eigenvalue weighted by Crippen LogP contribution is 2.26. The molecule has 164 valence electrons. The molecule has 0 spiro atoms. The van der Waals surface area contributed by atoms with Gasteiger partial charge in [-0.1, -0.05) is 35.3 Å². The van der Waals surface area contributed by atoms with Gasteiger partial charge in [0, 0.05) is 17.8 Å². The van der Waals surface area contributed by atoms with E-state index in [-0.39, 0.29) is 17.2 Å². The third kappa shape index (κ3) is 5.65. The molecular weight excluding hydrogens is 459 g/mol. The first-order chi connectivity index (χ1) is 14.6. The molecule has 0 fully saturated rings. The van der Waals surface area contributed by atoms with E-state index in [2.05, 4.69) is 10.4 Å². The first kappa shape index (κ1) is 23.3. The van der Waals surface area contributed by atoms with Gasteiger partial charge in [-0.05, 0) is 56.2 Å². The van der Waals surface area contributed by atoms with E-state index < -0.39 is 10.0 Å². The smallest absolute Gasteiger partial charge is 0.238 e. The summed E-state index contributed by atoms with van der Waals surface area (Å²) in [5.74, 6) is -0.124. The van der Waals surface area contributed by atoms with E-state index in [1.54, 1.807) is 28.9 Å². The predicted octanol–water partition coefficient (Wildman–Crippen LogP) is 3.34. The molecule has 0 saturated heterocycles. The Balaban J connectivity index is 1.62. The summed E-state index contributed by atoms with van der Waals surface area (Å²) in [5.41, 5.74) is 4.13. The molecule has 0 bridgehead atoms. The number of aromatic nitrogens is 2. The van der Waals surface area contributed by atoms with Gasteiger partial charge in [0.2, 0.25) is 15.9 Å². The van der Waals surface area contributed by atoms with E-state index in [1.807, 2.05) is 19.9 Å². The molecule has 3 aromatic rings. The van der Waals surface area contributed by atoms with Crippen molar-refractivity contribution < 1.29 is 13.2 Å². The number of rotatable bonds is 7. The summed E-state index contributed by atoms with van der Waals surface area (Å²) >= 11 is 12.1. The molecule has 1 aromatic heterocycles. The fourth-order valence-corrected chi connectivity index (χ4v) is 4.02. The fourth-order valence-electron chi connectivity index (χ4n) is 3.21. The first-order valence-corrected chi connectivity index (χ1v) is 11.8. The zero-order valence-electron chi connectivity index (χ0n) is 17.0. The number of nitrogens with two attached hydrogens (primary N) is 1. The van der Waals surface area contributed by atoms with Crippen LogP contribution in [0, 0.1) is 13.8 Å². The highest BCUT2D eigenvalue weighted by molar-refractivity contribution is 7.89. The number of hydrogen-bond donors (Lipinski definition) is 2. The standard InChI is InChI=1S/C21H22Cl2N4O3S/c1-13-18(14(2)27(26-13)16-5-8-19(22)20(23)11-16)12-21(28)25-10-9-15-3-6-17(7-4-15)31(24,29)30/h3-8,11H,9-10,12H2,1-2H3,(H,25,28)(H2,24,29,30). The molecule has 0 atom stereocenters. The lowest BCUT2D eigenvalue weighted by Crippen LogP contribution is -2.27. The van der Waals surface area contributed by atoms with Crippen molar-refractivity contribution in [3.8, 4) is 5.69 Å². The van der Waals surface area contributed by atoms with Crippen LogP contribution in [0.25, 0.3) is 5.69 Å². The number of nitrogens with one attached hydrogen (secondary N) is 1. The van der Waals surface area contributed by atoms with Crippen LogP contribution in [0.5, 0.6) is 0 Å². The van der Waals surface area contributed by atoms with Crippen LogP contribution in [0.3, 0.4) is 0 Å². The summed E-state index contributed by atoms with van der Waals surface area (Å²) in [6, 6.07) is 11.5. The Morgan fingerprint density at radius 3 is 2.39 bits per heavy atom. The Morgan fingerprint density at radius 1 is 1.10 bits per heavy atom. The molecular formula is C21H22Cl2N4O3S. The fraction of sp³-hybridized carbons (Fsp3) is 0.238. The maximum Gasteiger partial charge on any atom is 0.238 e. The lowest BCUT2D eigenvalue weighted by Gasteiger charge is -2.08. The molecule has 0 radical (unpaired) electrons. The lowest BCUT2D eigenvalue weighted by atomic mass is 10.1. The number of benzene rings is 2. The highest BCUT2D eigenvalue weighted by Gasteiger charge is 2.16. The minimum Gasteiger partial charge on any atom is -0.355 e. The van der Waals surface area contributed by atoms with Crippen LogP contribution < -0.4 is 10.5 Å². The zero-order chi connectivity index (χ0) is 22.8. The van der Waals surface area contributed by atoms with Crippen LogP contribution in [-0.2, 0) is 27.7 Å². The number of halogens is 2. The van der Waals surface area contributed by atoms with E-state index in [4.69, 9.17) is 28.3 Å². The van der Waals surface area contributed by atoms with Crippen LogP contribution in [0.1, 0.15) is 22.5 Å². The van der Waals surface area contributed by atoms with Crippen molar-refractivity contribution in [1.82, 2.24) is 15.1 Å². The molecule has 0 aliphatic rings. The summed E-state index contributed by atoms with van der Waals surface area (Å²) in [5, 5.41) is 13.4. The molecule has 1 amide bonds. The van der Waals surface area contributed by atoms with Crippen molar-refractivity contribution in [3.63, 3.8) is 0 Å². The topological polar surface area (TPSA) is 107 Å². The van der Waals surface area contributed by atoms with Crippen LogP contribution in [-0.4, -0.2) is 30.7 Å².